The maximum absolute atomic E-state index is 9.18. The summed E-state index contributed by atoms with van der Waals surface area (Å²) in [7, 11) is 0. The van der Waals surface area contributed by atoms with Gasteiger partial charge < -0.3 is 10.1 Å². The highest BCUT2D eigenvalue weighted by Gasteiger charge is 2.14. The summed E-state index contributed by atoms with van der Waals surface area (Å²) in [5.41, 5.74) is 1.85. The molecule has 20 heavy (non-hydrogen) atoms. The van der Waals surface area contributed by atoms with Crippen LogP contribution in [0, 0.1) is 17.2 Å². The second kappa shape index (κ2) is 5.94. The highest BCUT2D eigenvalue weighted by molar-refractivity contribution is 5.97. The van der Waals surface area contributed by atoms with E-state index in [-0.39, 0.29) is 0 Å². The molecule has 0 atom stereocenters. The van der Waals surface area contributed by atoms with Crippen LogP contribution in [0.5, 0.6) is 0 Å². The molecule has 3 nitrogen and oxygen atoms in total. The van der Waals surface area contributed by atoms with E-state index >= 15 is 0 Å². The van der Waals surface area contributed by atoms with Gasteiger partial charge in [0.05, 0.1) is 11.6 Å². The van der Waals surface area contributed by atoms with Crippen molar-refractivity contribution in [1.29, 1.82) is 5.26 Å². The predicted octanol–water partition coefficient (Wildman–Crippen LogP) is 3.55. The molecule has 0 amide bonds. The number of hydrogen-bond donors (Lipinski definition) is 1. The van der Waals surface area contributed by atoms with Gasteiger partial charge in [0.25, 0.3) is 0 Å². The topological polar surface area (TPSA) is 45.0 Å². The standard InChI is InChI=1S/C17H18N2O/c18-11-14-5-6-17(16-4-2-1-3-15(14)16)19-12-13-7-9-20-10-8-13/h1-6,13,19H,7-10,12H2. The van der Waals surface area contributed by atoms with Gasteiger partial charge in [0.15, 0.2) is 0 Å². The minimum Gasteiger partial charge on any atom is -0.384 e. The number of hydrogen-bond acceptors (Lipinski definition) is 3. The first kappa shape index (κ1) is 13.0. The molecule has 2 aromatic rings. The van der Waals surface area contributed by atoms with Crippen molar-refractivity contribution in [2.75, 3.05) is 25.1 Å². The number of fused-ring (bicyclic) bond motifs is 1. The first-order valence-corrected chi connectivity index (χ1v) is 7.12. The van der Waals surface area contributed by atoms with Gasteiger partial charge in [-0.3, -0.25) is 0 Å². The highest BCUT2D eigenvalue weighted by Crippen LogP contribution is 2.27. The van der Waals surface area contributed by atoms with Gasteiger partial charge in [-0.2, -0.15) is 5.26 Å². The first-order valence-electron chi connectivity index (χ1n) is 7.12. The third-order valence-corrected chi connectivity index (χ3v) is 3.97. The third kappa shape index (κ3) is 2.61. The lowest BCUT2D eigenvalue weighted by Gasteiger charge is -2.23. The van der Waals surface area contributed by atoms with Gasteiger partial charge in [0, 0.05) is 36.2 Å². The molecule has 102 valence electrons. The van der Waals surface area contributed by atoms with Crippen LogP contribution < -0.4 is 5.32 Å². The SMILES string of the molecule is N#Cc1ccc(NCC2CCOCC2)c2ccccc12. The lowest BCUT2D eigenvalue weighted by molar-refractivity contribution is 0.0699. The molecule has 0 aromatic heterocycles. The Hall–Kier alpha value is -2.05. The Morgan fingerprint density at radius 2 is 1.85 bits per heavy atom. The molecule has 0 spiro atoms. The van der Waals surface area contributed by atoms with E-state index in [1.807, 2.05) is 30.3 Å². The van der Waals surface area contributed by atoms with Crippen molar-refractivity contribution < 1.29 is 4.74 Å². The Bertz CT molecular complexity index is 639. The zero-order chi connectivity index (χ0) is 13.8. The Morgan fingerprint density at radius 1 is 1.10 bits per heavy atom. The van der Waals surface area contributed by atoms with E-state index in [4.69, 9.17) is 4.74 Å². The molecule has 1 aliphatic heterocycles. The van der Waals surface area contributed by atoms with Gasteiger partial charge >= 0.3 is 0 Å². The molecule has 0 bridgehead atoms. The average molecular weight is 266 g/mol. The summed E-state index contributed by atoms with van der Waals surface area (Å²) in [6.45, 7) is 2.72. The van der Waals surface area contributed by atoms with E-state index in [0.29, 0.717) is 5.92 Å². The quantitative estimate of drug-likeness (QED) is 0.924. The second-order valence-corrected chi connectivity index (χ2v) is 5.25. The van der Waals surface area contributed by atoms with E-state index < -0.39 is 0 Å². The average Bonchev–Trinajstić information content (AvgIpc) is 2.53. The number of nitrogens with one attached hydrogen (secondary N) is 1. The summed E-state index contributed by atoms with van der Waals surface area (Å²) in [5, 5.41) is 14.9. The molecule has 3 heteroatoms. The fourth-order valence-corrected chi connectivity index (χ4v) is 2.76. The summed E-state index contributed by atoms with van der Waals surface area (Å²) in [4.78, 5) is 0. The Labute approximate surface area is 119 Å². The number of nitriles is 1. The first-order chi connectivity index (χ1) is 9.88. The maximum Gasteiger partial charge on any atom is 0.0998 e. The van der Waals surface area contributed by atoms with Crippen LogP contribution in [0.2, 0.25) is 0 Å². The molecule has 1 saturated heterocycles. The molecule has 1 heterocycles. The van der Waals surface area contributed by atoms with Crippen molar-refractivity contribution in [3.05, 3.63) is 42.0 Å². The molecular weight excluding hydrogens is 248 g/mol. The summed E-state index contributed by atoms with van der Waals surface area (Å²) < 4.78 is 5.39. The van der Waals surface area contributed by atoms with Crippen molar-refractivity contribution in [2.24, 2.45) is 5.92 Å². The highest BCUT2D eigenvalue weighted by atomic mass is 16.5. The van der Waals surface area contributed by atoms with Gasteiger partial charge in [-0.15, -0.1) is 0 Å². The molecule has 0 aliphatic carbocycles. The fourth-order valence-electron chi connectivity index (χ4n) is 2.76. The van der Waals surface area contributed by atoms with E-state index in [1.54, 1.807) is 0 Å². The third-order valence-electron chi connectivity index (χ3n) is 3.97. The predicted molar refractivity (Wildman–Crippen MR) is 80.7 cm³/mol. The van der Waals surface area contributed by atoms with Gasteiger partial charge in [-0.05, 0) is 30.9 Å². The zero-order valence-electron chi connectivity index (χ0n) is 11.4. The molecule has 1 fully saturated rings. The Balaban J connectivity index is 1.83. The van der Waals surface area contributed by atoms with Crippen LogP contribution in [0.25, 0.3) is 10.8 Å². The number of benzene rings is 2. The lowest BCUT2D eigenvalue weighted by Crippen LogP contribution is -2.22. The van der Waals surface area contributed by atoms with Crippen molar-refractivity contribution in [1.82, 2.24) is 0 Å². The van der Waals surface area contributed by atoms with Crippen LogP contribution >= 0.6 is 0 Å². The number of rotatable bonds is 3. The van der Waals surface area contributed by atoms with Crippen molar-refractivity contribution in [3.63, 3.8) is 0 Å². The van der Waals surface area contributed by atoms with Crippen LogP contribution in [-0.4, -0.2) is 19.8 Å². The van der Waals surface area contributed by atoms with Crippen LogP contribution in [0.4, 0.5) is 5.69 Å². The van der Waals surface area contributed by atoms with E-state index in [2.05, 4.69) is 17.5 Å². The van der Waals surface area contributed by atoms with Gasteiger partial charge in [0.1, 0.15) is 0 Å². The van der Waals surface area contributed by atoms with Crippen LogP contribution in [0.3, 0.4) is 0 Å². The normalized spacial score (nSPS) is 15.9. The fraction of sp³-hybridized carbons (Fsp3) is 0.353. The summed E-state index contributed by atoms with van der Waals surface area (Å²) >= 11 is 0. The molecule has 3 rings (SSSR count). The molecule has 1 N–H and O–H groups in total. The zero-order valence-corrected chi connectivity index (χ0v) is 11.4. The monoisotopic (exact) mass is 266 g/mol. The van der Waals surface area contributed by atoms with Crippen molar-refractivity contribution >= 4 is 16.5 Å². The number of nitrogens with zero attached hydrogens (tertiary/aromatic N) is 1. The van der Waals surface area contributed by atoms with Crippen LogP contribution in [0.1, 0.15) is 18.4 Å². The molecule has 0 radical (unpaired) electrons. The second-order valence-electron chi connectivity index (χ2n) is 5.25. The molecular formula is C17H18N2O. The molecule has 0 saturated carbocycles. The summed E-state index contributed by atoms with van der Waals surface area (Å²) in [6.07, 6.45) is 2.25. The minimum absolute atomic E-state index is 0.679. The smallest absolute Gasteiger partial charge is 0.0998 e. The molecule has 2 aromatic carbocycles. The van der Waals surface area contributed by atoms with E-state index in [1.165, 1.54) is 0 Å². The number of anilines is 1. The van der Waals surface area contributed by atoms with Gasteiger partial charge in [-0.1, -0.05) is 24.3 Å². The summed E-state index contributed by atoms with van der Waals surface area (Å²) in [6, 6.07) is 14.2. The minimum atomic E-state index is 0.679. The molecule has 0 unspecified atom stereocenters. The van der Waals surface area contributed by atoms with Gasteiger partial charge in [0.2, 0.25) is 0 Å². The Kier molecular flexibility index (Phi) is 3.85. The Morgan fingerprint density at radius 3 is 2.60 bits per heavy atom. The number of ether oxygens (including phenoxy) is 1. The maximum atomic E-state index is 9.18. The van der Waals surface area contributed by atoms with E-state index in [0.717, 1.165) is 54.6 Å². The van der Waals surface area contributed by atoms with Crippen molar-refractivity contribution in [3.8, 4) is 6.07 Å². The lowest BCUT2D eigenvalue weighted by atomic mass is 9.99. The largest absolute Gasteiger partial charge is 0.384 e. The van der Waals surface area contributed by atoms with Gasteiger partial charge in [-0.25, -0.2) is 0 Å². The van der Waals surface area contributed by atoms with Crippen LogP contribution in [0.15, 0.2) is 36.4 Å². The van der Waals surface area contributed by atoms with Crippen LogP contribution in [-0.2, 0) is 4.74 Å². The molecule has 1 aliphatic rings. The van der Waals surface area contributed by atoms with E-state index in [9.17, 15) is 5.26 Å². The summed E-state index contributed by atoms with van der Waals surface area (Å²) in [5.74, 6) is 0.679. The van der Waals surface area contributed by atoms with Crippen molar-refractivity contribution in [2.45, 2.75) is 12.8 Å².